The zero-order valence-electron chi connectivity index (χ0n) is 6.37. The Balaban J connectivity index is 2.28. The van der Waals surface area contributed by atoms with Crippen molar-refractivity contribution in [1.29, 1.82) is 0 Å². The van der Waals surface area contributed by atoms with E-state index in [-0.39, 0.29) is 17.7 Å². The average Bonchev–Trinajstić information content (AvgIpc) is 2.41. The van der Waals surface area contributed by atoms with E-state index in [0.29, 0.717) is 18.9 Å². The maximum absolute atomic E-state index is 11.2. The van der Waals surface area contributed by atoms with Gasteiger partial charge in [0.1, 0.15) is 11.7 Å². The Bertz CT molecular complexity index is 221. The number of carbonyl (C=O) groups excluding carboxylic acids is 2. The van der Waals surface area contributed by atoms with Gasteiger partial charge in [-0.05, 0) is 5.92 Å². The summed E-state index contributed by atoms with van der Waals surface area (Å²) in [6, 6.07) is 0. The number of cyclic esters (lactones) is 1. The van der Waals surface area contributed by atoms with Gasteiger partial charge in [-0.15, -0.1) is 0 Å². The van der Waals surface area contributed by atoms with Crippen LogP contribution in [0.4, 0.5) is 0 Å². The van der Waals surface area contributed by atoms with Gasteiger partial charge in [-0.3, -0.25) is 9.59 Å². The number of esters is 1. The SMILES string of the molecule is C[C@@H]1CC(=O)[C@@H]2C(=O)OC[C@@H]21. The van der Waals surface area contributed by atoms with Crippen molar-refractivity contribution in [2.75, 3.05) is 6.61 Å². The van der Waals surface area contributed by atoms with E-state index in [0.717, 1.165) is 0 Å². The maximum Gasteiger partial charge on any atom is 0.316 e. The molecule has 2 aliphatic rings. The quantitative estimate of drug-likeness (QED) is 0.374. The van der Waals surface area contributed by atoms with Gasteiger partial charge in [-0.25, -0.2) is 0 Å². The molecule has 3 heteroatoms. The van der Waals surface area contributed by atoms with Crippen molar-refractivity contribution in [3.8, 4) is 0 Å². The first-order valence-electron chi connectivity index (χ1n) is 3.89. The highest BCUT2D eigenvalue weighted by Gasteiger charge is 2.49. The molecule has 60 valence electrons. The molecular formula is C8H10O3. The van der Waals surface area contributed by atoms with Crippen molar-refractivity contribution in [1.82, 2.24) is 0 Å². The summed E-state index contributed by atoms with van der Waals surface area (Å²) in [6.07, 6.45) is 0.560. The first kappa shape index (κ1) is 6.83. The van der Waals surface area contributed by atoms with Crippen LogP contribution in [0.1, 0.15) is 13.3 Å². The topological polar surface area (TPSA) is 43.4 Å². The minimum atomic E-state index is -0.412. The van der Waals surface area contributed by atoms with Crippen LogP contribution in [0.5, 0.6) is 0 Å². The number of carbonyl (C=O) groups is 2. The standard InChI is InChI=1S/C8H10O3/c1-4-2-6(9)7-5(4)3-11-8(7)10/h4-5,7H,2-3H2,1H3/t4-,5-,7-/m1/s1. The van der Waals surface area contributed by atoms with Gasteiger partial charge in [-0.1, -0.05) is 6.92 Å². The zero-order chi connectivity index (χ0) is 8.01. The minimum Gasteiger partial charge on any atom is -0.465 e. The molecule has 0 bridgehead atoms. The van der Waals surface area contributed by atoms with Crippen LogP contribution in [0.25, 0.3) is 0 Å². The molecule has 1 saturated carbocycles. The molecule has 11 heavy (non-hydrogen) atoms. The van der Waals surface area contributed by atoms with Gasteiger partial charge in [0.05, 0.1) is 6.61 Å². The van der Waals surface area contributed by atoms with E-state index in [1.165, 1.54) is 0 Å². The highest BCUT2D eigenvalue weighted by atomic mass is 16.5. The number of rotatable bonds is 0. The molecule has 0 radical (unpaired) electrons. The number of Topliss-reactive ketones (excluding diaryl/α,β-unsaturated/α-hetero) is 1. The summed E-state index contributed by atoms with van der Waals surface area (Å²) in [5, 5.41) is 0. The third kappa shape index (κ3) is 0.800. The van der Waals surface area contributed by atoms with Crippen LogP contribution in [-0.4, -0.2) is 18.4 Å². The third-order valence-corrected chi connectivity index (χ3v) is 2.70. The molecule has 2 fully saturated rings. The molecule has 1 saturated heterocycles. The lowest BCUT2D eigenvalue weighted by Crippen LogP contribution is -2.17. The van der Waals surface area contributed by atoms with E-state index in [4.69, 9.17) is 4.74 Å². The number of ether oxygens (including phenoxy) is 1. The Morgan fingerprint density at radius 1 is 1.45 bits per heavy atom. The van der Waals surface area contributed by atoms with Crippen molar-refractivity contribution in [2.24, 2.45) is 17.8 Å². The van der Waals surface area contributed by atoms with Gasteiger partial charge >= 0.3 is 5.97 Å². The van der Waals surface area contributed by atoms with Gasteiger partial charge in [0.2, 0.25) is 0 Å². The van der Waals surface area contributed by atoms with Gasteiger partial charge < -0.3 is 4.74 Å². The molecule has 0 aromatic rings. The van der Waals surface area contributed by atoms with Crippen molar-refractivity contribution >= 4 is 11.8 Å². The van der Waals surface area contributed by atoms with Crippen LogP contribution in [0, 0.1) is 17.8 Å². The molecule has 2 rings (SSSR count). The van der Waals surface area contributed by atoms with Crippen molar-refractivity contribution in [3.63, 3.8) is 0 Å². The predicted molar refractivity (Wildman–Crippen MR) is 36.7 cm³/mol. The first-order valence-corrected chi connectivity index (χ1v) is 3.89. The normalized spacial score (nSPS) is 42.5. The second kappa shape index (κ2) is 2.06. The van der Waals surface area contributed by atoms with Crippen LogP contribution >= 0.6 is 0 Å². The highest BCUT2D eigenvalue weighted by Crippen LogP contribution is 2.38. The van der Waals surface area contributed by atoms with Crippen LogP contribution in [-0.2, 0) is 14.3 Å². The van der Waals surface area contributed by atoms with Crippen molar-refractivity contribution in [2.45, 2.75) is 13.3 Å². The third-order valence-electron chi connectivity index (χ3n) is 2.70. The van der Waals surface area contributed by atoms with Crippen LogP contribution < -0.4 is 0 Å². The second-order valence-electron chi connectivity index (χ2n) is 3.42. The summed E-state index contributed by atoms with van der Waals surface area (Å²) in [5.74, 6) is -0.131. The molecule has 0 aromatic carbocycles. The van der Waals surface area contributed by atoms with E-state index < -0.39 is 5.92 Å². The van der Waals surface area contributed by atoms with Crippen molar-refractivity contribution in [3.05, 3.63) is 0 Å². The Hall–Kier alpha value is -0.860. The molecule has 1 aliphatic heterocycles. The van der Waals surface area contributed by atoms with E-state index in [1.807, 2.05) is 6.92 Å². The lowest BCUT2D eigenvalue weighted by Gasteiger charge is -2.06. The molecule has 3 nitrogen and oxygen atoms in total. The fraction of sp³-hybridized carbons (Fsp3) is 0.750. The van der Waals surface area contributed by atoms with E-state index in [2.05, 4.69) is 0 Å². The lowest BCUT2D eigenvalue weighted by molar-refractivity contribution is -0.144. The number of fused-ring (bicyclic) bond motifs is 1. The minimum absolute atomic E-state index is 0.0741. The van der Waals surface area contributed by atoms with Crippen LogP contribution in [0.2, 0.25) is 0 Å². The maximum atomic E-state index is 11.2. The number of hydrogen-bond donors (Lipinski definition) is 0. The fourth-order valence-corrected chi connectivity index (χ4v) is 2.00. The summed E-state index contributed by atoms with van der Waals surface area (Å²) in [6.45, 7) is 2.46. The van der Waals surface area contributed by atoms with Gasteiger partial charge in [0.15, 0.2) is 0 Å². The first-order chi connectivity index (χ1) is 5.20. The molecule has 0 spiro atoms. The number of hydrogen-bond acceptors (Lipinski definition) is 3. The summed E-state index contributed by atoms with van der Waals surface area (Å²) in [7, 11) is 0. The molecule has 3 atom stereocenters. The molecule has 0 N–H and O–H groups in total. The molecule has 0 unspecified atom stereocenters. The van der Waals surface area contributed by atoms with E-state index in [9.17, 15) is 9.59 Å². The second-order valence-corrected chi connectivity index (χ2v) is 3.42. The van der Waals surface area contributed by atoms with Gasteiger partial charge in [-0.2, -0.15) is 0 Å². The van der Waals surface area contributed by atoms with Crippen molar-refractivity contribution < 1.29 is 14.3 Å². The summed E-state index contributed by atoms with van der Waals surface area (Å²) in [4.78, 5) is 22.1. The Morgan fingerprint density at radius 2 is 2.18 bits per heavy atom. The molecule has 0 amide bonds. The highest BCUT2D eigenvalue weighted by molar-refractivity contribution is 6.02. The fourth-order valence-electron chi connectivity index (χ4n) is 2.00. The van der Waals surface area contributed by atoms with E-state index in [1.54, 1.807) is 0 Å². The molecule has 1 heterocycles. The van der Waals surface area contributed by atoms with Gasteiger partial charge in [0, 0.05) is 12.3 Å². The summed E-state index contributed by atoms with van der Waals surface area (Å²) >= 11 is 0. The lowest BCUT2D eigenvalue weighted by atomic mass is 9.94. The molecule has 1 aliphatic carbocycles. The van der Waals surface area contributed by atoms with E-state index >= 15 is 0 Å². The average molecular weight is 154 g/mol. The smallest absolute Gasteiger partial charge is 0.316 e. The Morgan fingerprint density at radius 3 is 2.82 bits per heavy atom. The summed E-state index contributed by atoms with van der Waals surface area (Å²) in [5.41, 5.74) is 0. The number of ketones is 1. The zero-order valence-corrected chi connectivity index (χ0v) is 6.37. The van der Waals surface area contributed by atoms with Gasteiger partial charge in [0.25, 0.3) is 0 Å². The Labute approximate surface area is 64.7 Å². The largest absolute Gasteiger partial charge is 0.465 e. The summed E-state index contributed by atoms with van der Waals surface area (Å²) < 4.78 is 4.80. The molecular weight excluding hydrogens is 144 g/mol. The Kier molecular flexibility index (Phi) is 1.28. The van der Waals surface area contributed by atoms with Crippen LogP contribution in [0.3, 0.4) is 0 Å². The monoisotopic (exact) mass is 154 g/mol. The molecule has 0 aromatic heterocycles. The van der Waals surface area contributed by atoms with Crippen LogP contribution in [0.15, 0.2) is 0 Å². The predicted octanol–water partition coefficient (Wildman–Crippen LogP) is 0.384.